The third-order valence-corrected chi connectivity index (χ3v) is 4.84. The minimum atomic E-state index is -3.75. The summed E-state index contributed by atoms with van der Waals surface area (Å²) in [5.41, 5.74) is 1.28. The lowest BCUT2D eigenvalue weighted by Crippen LogP contribution is -2.38. The lowest BCUT2D eigenvalue weighted by atomic mass is 10.2. The molecule has 2 aromatic rings. The number of aryl methyl sites for hydroxylation is 1. The van der Waals surface area contributed by atoms with E-state index in [4.69, 9.17) is 4.74 Å². The van der Waals surface area contributed by atoms with Gasteiger partial charge in [-0.3, -0.25) is 24.0 Å². The van der Waals surface area contributed by atoms with E-state index < -0.39 is 41.0 Å². The van der Waals surface area contributed by atoms with Gasteiger partial charge in [-0.15, -0.1) is 0 Å². The van der Waals surface area contributed by atoms with E-state index >= 15 is 0 Å². The van der Waals surface area contributed by atoms with Crippen molar-refractivity contribution >= 4 is 33.5 Å². The maximum Gasteiger partial charge on any atom is 0.327 e. The highest BCUT2D eigenvalue weighted by atomic mass is 32.2. The predicted octanol–water partition coefficient (Wildman–Crippen LogP) is 1.26. The average molecular weight is 404 g/mol. The van der Waals surface area contributed by atoms with Gasteiger partial charge in [0.1, 0.15) is 6.54 Å². The molecule has 0 saturated heterocycles. The topological polar surface area (TPSA) is 110 Å². The molecule has 148 valence electrons. The Labute approximate surface area is 163 Å². The van der Waals surface area contributed by atoms with Crippen LogP contribution < -0.4 is 9.62 Å². The monoisotopic (exact) mass is 404 g/mol. The van der Waals surface area contributed by atoms with Gasteiger partial charge in [0.2, 0.25) is 10.0 Å². The van der Waals surface area contributed by atoms with Gasteiger partial charge in [-0.2, -0.15) is 0 Å². The van der Waals surface area contributed by atoms with Gasteiger partial charge in [-0.25, -0.2) is 8.42 Å². The number of amides is 2. The van der Waals surface area contributed by atoms with Crippen molar-refractivity contribution in [3.8, 4) is 0 Å². The first-order chi connectivity index (χ1) is 13.2. The minimum absolute atomic E-state index is 0.282. The smallest absolute Gasteiger partial charge is 0.327 e. The minimum Gasteiger partial charge on any atom is -0.454 e. The largest absolute Gasteiger partial charge is 0.454 e. The second-order valence-electron chi connectivity index (χ2n) is 5.96. The van der Waals surface area contributed by atoms with Crippen LogP contribution in [0.2, 0.25) is 0 Å². The zero-order valence-electron chi connectivity index (χ0n) is 15.4. The third kappa shape index (κ3) is 5.92. The molecule has 2 aromatic carbocycles. The highest BCUT2D eigenvalue weighted by Crippen LogP contribution is 2.21. The fourth-order valence-electron chi connectivity index (χ4n) is 2.36. The summed E-state index contributed by atoms with van der Waals surface area (Å²) in [6, 6.07) is 14.7. The summed E-state index contributed by atoms with van der Waals surface area (Å²) in [5, 5.41) is 2.09. The molecule has 0 aliphatic rings. The van der Waals surface area contributed by atoms with Crippen molar-refractivity contribution in [1.82, 2.24) is 5.32 Å². The number of imide groups is 1. The van der Waals surface area contributed by atoms with E-state index in [2.05, 4.69) is 5.32 Å². The molecule has 0 aliphatic heterocycles. The molecule has 0 aliphatic carbocycles. The van der Waals surface area contributed by atoms with Gasteiger partial charge in [0.05, 0.1) is 11.9 Å². The number of hydrogen-bond donors (Lipinski definition) is 1. The highest BCUT2D eigenvalue weighted by Gasteiger charge is 2.23. The summed E-state index contributed by atoms with van der Waals surface area (Å²) in [4.78, 5) is 35.7. The van der Waals surface area contributed by atoms with Crippen LogP contribution in [0.3, 0.4) is 0 Å². The molecule has 1 N–H and O–H groups in total. The molecule has 8 nitrogen and oxygen atoms in total. The molecule has 0 atom stereocenters. The van der Waals surface area contributed by atoms with Gasteiger partial charge < -0.3 is 4.74 Å². The molecule has 0 unspecified atom stereocenters. The first-order valence-electron chi connectivity index (χ1n) is 8.26. The summed E-state index contributed by atoms with van der Waals surface area (Å²) in [5.74, 6) is -2.36. The lowest BCUT2D eigenvalue weighted by molar-refractivity contribution is -0.146. The second kappa shape index (κ2) is 9.14. The van der Waals surface area contributed by atoms with E-state index in [9.17, 15) is 22.8 Å². The van der Waals surface area contributed by atoms with Crippen molar-refractivity contribution in [1.29, 1.82) is 0 Å². The Bertz CT molecular complexity index is 973. The van der Waals surface area contributed by atoms with Crippen molar-refractivity contribution in [3.63, 3.8) is 0 Å². The highest BCUT2D eigenvalue weighted by molar-refractivity contribution is 7.92. The summed E-state index contributed by atoms with van der Waals surface area (Å²) in [7, 11) is -3.75. The molecule has 2 rings (SSSR count). The van der Waals surface area contributed by atoms with Crippen molar-refractivity contribution < 1.29 is 27.5 Å². The number of esters is 1. The fourth-order valence-corrected chi connectivity index (χ4v) is 3.26. The average Bonchev–Trinajstić information content (AvgIpc) is 2.65. The van der Waals surface area contributed by atoms with Crippen LogP contribution in [-0.2, 0) is 24.3 Å². The van der Waals surface area contributed by atoms with E-state index in [1.54, 1.807) is 49.4 Å². The van der Waals surface area contributed by atoms with Gasteiger partial charge in [0.15, 0.2) is 6.61 Å². The molecule has 28 heavy (non-hydrogen) atoms. The molecule has 0 heterocycles. The number of benzene rings is 2. The molecular weight excluding hydrogens is 384 g/mol. The number of rotatable bonds is 7. The Kier molecular flexibility index (Phi) is 6.89. The lowest BCUT2D eigenvalue weighted by Gasteiger charge is -2.23. The Morgan fingerprint density at radius 2 is 1.61 bits per heavy atom. The van der Waals surface area contributed by atoms with Crippen molar-refractivity contribution in [2.45, 2.75) is 6.92 Å². The zero-order chi connectivity index (χ0) is 20.7. The van der Waals surface area contributed by atoms with Gasteiger partial charge in [0, 0.05) is 5.56 Å². The Hall–Kier alpha value is -3.20. The first-order valence-corrected chi connectivity index (χ1v) is 10.1. The van der Waals surface area contributed by atoms with Crippen LogP contribution in [0, 0.1) is 6.92 Å². The van der Waals surface area contributed by atoms with Crippen molar-refractivity contribution in [2.75, 3.05) is 23.7 Å². The van der Waals surface area contributed by atoms with Crippen molar-refractivity contribution in [3.05, 3.63) is 65.7 Å². The molecule has 0 radical (unpaired) electrons. The van der Waals surface area contributed by atoms with Crippen molar-refractivity contribution in [2.24, 2.45) is 0 Å². The Morgan fingerprint density at radius 3 is 2.21 bits per heavy atom. The van der Waals surface area contributed by atoms with E-state index in [1.165, 1.54) is 12.1 Å². The van der Waals surface area contributed by atoms with E-state index in [0.717, 1.165) is 10.6 Å². The number of ether oxygens (including phenoxy) is 1. The maximum absolute atomic E-state index is 12.1. The van der Waals surface area contributed by atoms with E-state index in [-0.39, 0.29) is 5.56 Å². The van der Waals surface area contributed by atoms with Gasteiger partial charge in [-0.05, 0) is 30.7 Å². The molecule has 0 saturated carbocycles. The van der Waals surface area contributed by atoms with E-state index in [1.807, 2.05) is 0 Å². The standard InChI is InChI=1S/C19H20N2O6S/c1-14-8-6-7-11-16(14)21(28(2,25)26)12-18(23)27-13-17(22)20-19(24)15-9-4-3-5-10-15/h3-11H,12-13H2,1-2H3,(H,20,22,24). The molecule has 0 spiro atoms. The number of carbonyl (C=O) groups excluding carboxylic acids is 3. The van der Waals surface area contributed by atoms with Gasteiger partial charge >= 0.3 is 5.97 Å². The number of sulfonamides is 1. The Balaban J connectivity index is 1.95. The van der Waals surface area contributed by atoms with Crippen LogP contribution in [0.4, 0.5) is 5.69 Å². The number of anilines is 1. The normalized spacial score (nSPS) is 10.8. The SMILES string of the molecule is Cc1ccccc1N(CC(=O)OCC(=O)NC(=O)c1ccccc1)S(C)(=O)=O. The molecule has 9 heteroatoms. The van der Waals surface area contributed by atoms with Crippen LogP contribution in [0.1, 0.15) is 15.9 Å². The summed E-state index contributed by atoms with van der Waals surface area (Å²) < 4.78 is 29.8. The van der Waals surface area contributed by atoms with Crippen LogP contribution in [-0.4, -0.2) is 45.6 Å². The molecule has 0 fully saturated rings. The number of para-hydroxylation sites is 1. The Morgan fingerprint density at radius 1 is 1.00 bits per heavy atom. The predicted molar refractivity (Wildman–Crippen MR) is 103 cm³/mol. The summed E-state index contributed by atoms with van der Waals surface area (Å²) in [6.45, 7) is 0.411. The van der Waals surface area contributed by atoms with Crippen LogP contribution >= 0.6 is 0 Å². The number of nitrogens with zero attached hydrogens (tertiary/aromatic N) is 1. The van der Waals surface area contributed by atoms with Crippen LogP contribution in [0.15, 0.2) is 54.6 Å². The molecular formula is C19H20N2O6S. The first kappa shape index (κ1) is 21.1. The summed E-state index contributed by atoms with van der Waals surface area (Å²) in [6.07, 6.45) is 0.970. The van der Waals surface area contributed by atoms with Crippen LogP contribution in [0.5, 0.6) is 0 Å². The zero-order valence-corrected chi connectivity index (χ0v) is 16.2. The fraction of sp³-hybridized carbons (Fsp3) is 0.211. The second-order valence-corrected chi connectivity index (χ2v) is 7.87. The van der Waals surface area contributed by atoms with Gasteiger partial charge in [0.25, 0.3) is 11.8 Å². The summed E-state index contributed by atoms with van der Waals surface area (Å²) >= 11 is 0. The molecule has 0 aromatic heterocycles. The number of nitrogens with one attached hydrogen (secondary N) is 1. The third-order valence-electron chi connectivity index (χ3n) is 3.71. The van der Waals surface area contributed by atoms with Crippen LogP contribution in [0.25, 0.3) is 0 Å². The number of hydrogen-bond acceptors (Lipinski definition) is 6. The van der Waals surface area contributed by atoms with E-state index in [0.29, 0.717) is 11.3 Å². The maximum atomic E-state index is 12.1. The quantitative estimate of drug-likeness (QED) is 0.696. The molecule has 0 bridgehead atoms. The number of carbonyl (C=O) groups is 3. The van der Waals surface area contributed by atoms with Gasteiger partial charge in [-0.1, -0.05) is 36.4 Å². The molecule has 2 amide bonds.